The van der Waals surface area contributed by atoms with Crippen LogP contribution in [0.2, 0.25) is 0 Å². The standard InChI is InChI=1S/C20H26FNO4/c1-12-14(10-9-13(11-22)15(12)21)20(8,16(23)25-18(2,3)4)17(24)26-19(5,6)7/h9-10H,1-8H3. The number of esters is 2. The Morgan fingerprint density at radius 1 is 0.962 bits per heavy atom. The Kier molecular flexibility index (Phi) is 5.88. The topological polar surface area (TPSA) is 76.4 Å². The molecule has 0 aliphatic heterocycles. The summed E-state index contributed by atoms with van der Waals surface area (Å²) in [5.74, 6) is -2.46. The van der Waals surface area contributed by atoms with Crippen LogP contribution in [0.25, 0.3) is 0 Å². The second kappa shape index (κ2) is 7.06. The summed E-state index contributed by atoms with van der Waals surface area (Å²) in [6.45, 7) is 12.8. The van der Waals surface area contributed by atoms with Gasteiger partial charge in [0.1, 0.15) is 23.1 Å². The third-order valence-electron chi connectivity index (χ3n) is 3.66. The molecule has 0 fully saturated rings. The van der Waals surface area contributed by atoms with Crippen molar-refractivity contribution < 1.29 is 23.5 Å². The highest BCUT2D eigenvalue weighted by Gasteiger charge is 2.49. The summed E-state index contributed by atoms with van der Waals surface area (Å²) in [6.07, 6.45) is 0. The Labute approximate surface area is 154 Å². The first-order chi connectivity index (χ1) is 11.6. The highest BCUT2D eigenvalue weighted by atomic mass is 19.1. The summed E-state index contributed by atoms with van der Waals surface area (Å²) in [5.41, 5.74) is -3.60. The number of nitrogens with zero attached hydrogens (tertiary/aromatic N) is 1. The predicted octanol–water partition coefficient (Wildman–Crippen LogP) is 3.95. The van der Waals surface area contributed by atoms with Crippen LogP contribution in [0.15, 0.2) is 12.1 Å². The lowest BCUT2D eigenvalue weighted by molar-refractivity contribution is -0.176. The van der Waals surface area contributed by atoms with Crippen molar-refractivity contribution in [2.75, 3.05) is 0 Å². The summed E-state index contributed by atoms with van der Waals surface area (Å²) in [7, 11) is 0. The maximum atomic E-state index is 14.5. The van der Waals surface area contributed by atoms with E-state index in [0.29, 0.717) is 0 Å². The van der Waals surface area contributed by atoms with Crippen molar-refractivity contribution in [2.45, 2.75) is 72.0 Å². The van der Waals surface area contributed by atoms with Crippen LogP contribution in [0.3, 0.4) is 0 Å². The van der Waals surface area contributed by atoms with E-state index < -0.39 is 34.4 Å². The van der Waals surface area contributed by atoms with Crippen molar-refractivity contribution in [3.8, 4) is 6.07 Å². The van der Waals surface area contributed by atoms with Crippen LogP contribution in [0.1, 0.15) is 65.2 Å². The van der Waals surface area contributed by atoms with Crippen LogP contribution in [0.4, 0.5) is 4.39 Å². The second-order valence-corrected chi connectivity index (χ2v) is 8.34. The normalized spacial score (nSPS) is 12.3. The van der Waals surface area contributed by atoms with E-state index in [2.05, 4.69) is 0 Å². The average molecular weight is 363 g/mol. The highest BCUT2D eigenvalue weighted by Crippen LogP contribution is 2.34. The van der Waals surface area contributed by atoms with Crippen molar-refractivity contribution in [1.29, 1.82) is 5.26 Å². The van der Waals surface area contributed by atoms with E-state index in [1.54, 1.807) is 47.6 Å². The van der Waals surface area contributed by atoms with E-state index in [-0.39, 0.29) is 16.7 Å². The van der Waals surface area contributed by atoms with Crippen molar-refractivity contribution in [1.82, 2.24) is 0 Å². The maximum absolute atomic E-state index is 14.5. The van der Waals surface area contributed by atoms with Gasteiger partial charge in [0.2, 0.25) is 0 Å². The SMILES string of the molecule is Cc1c(C(C)(C(=O)OC(C)(C)C)C(=O)OC(C)(C)C)ccc(C#N)c1F. The summed E-state index contributed by atoms with van der Waals surface area (Å²) in [4.78, 5) is 25.8. The van der Waals surface area contributed by atoms with Crippen LogP contribution in [0.5, 0.6) is 0 Å². The van der Waals surface area contributed by atoms with E-state index in [1.807, 2.05) is 0 Å². The van der Waals surface area contributed by atoms with Crippen LogP contribution < -0.4 is 0 Å². The third-order valence-corrected chi connectivity index (χ3v) is 3.66. The highest BCUT2D eigenvalue weighted by molar-refractivity contribution is 6.06. The van der Waals surface area contributed by atoms with Gasteiger partial charge in [-0.25, -0.2) is 4.39 Å². The smallest absolute Gasteiger partial charge is 0.328 e. The molecule has 0 amide bonds. The van der Waals surface area contributed by atoms with E-state index >= 15 is 0 Å². The minimum atomic E-state index is -1.88. The Morgan fingerprint density at radius 2 is 1.38 bits per heavy atom. The summed E-state index contributed by atoms with van der Waals surface area (Å²) in [6, 6.07) is 4.38. The molecule has 0 aromatic heterocycles. The molecular formula is C20H26FNO4. The van der Waals surface area contributed by atoms with Gasteiger partial charge < -0.3 is 9.47 Å². The molecule has 142 valence electrons. The molecule has 26 heavy (non-hydrogen) atoms. The van der Waals surface area contributed by atoms with Crippen LogP contribution in [-0.4, -0.2) is 23.1 Å². The molecule has 0 aliphatic carbocycles. The quantitative estimate of drug-likeness (QED) is 0.600. The summed E-state index contributed by atoms with van der Waals surface area (Å²) in [5, 5.41) is 8.99. The molecule has 0 bridgehead atoms. The number of nitriles is 1. The average Bonchev–Trinajstić information content (AvgIpc) is 2.45. The molecule has 0 heterocycles. The van der Waals surface area contributed by atoms with Gasteiger partial charge in [-0.15, -0.1) is 0 Å². The molecule has 0 saturated carbocycles. The van der Waals surface area contributed by atoms with E-state index in [9.17, 15) is 14.0 Å². The first kappa shape index (κ1) is 21.6. The molecule has 1 aromatic carbocycles. The summed E-state index contributed by atoms with van der Waals surface area (Å²) < 4.78 is 25.3. The number of hydrogen-bond donors (Lipinski definition) is 0. The van der Waals surface area contributed by atoms with E-state index in [0.717, 1.165) is 0 Å². The van der Waals surface area contributed by atoms with Crippen LogP contribution in [-0.2, 0) is 24.5 Å². The monoisotopic (exact) mass is 363 g/mol. The van der Waals surface area contributed by atoms with Gasteiger partial charge >= 0.3 is 11.9 Å². The van der Waals surface area contributed by atoms with Gasteiger partial charge in [0.25, 0.3) is 0 Å². The fourth-order valence-electron chi connectivity index (χ4n) is 2.38. The van der Waals surface area contributed by atoms with Crippen LogP contribution >= 0.6 is 0 Å². The first-order valence-corrected chi connectivity index (χ1v) is 8.30. The maximum Gasteiger partial charge on any atom is 0.328 e. The van der Waals surface area contributed by atoms with Crippen molar-refractivity contribution >= 4 is 11.9 Å². The number of hydrogen-bond acceptors (Lipinski definition) is 5. The largest absolute Gasteiger partial charge is 0.459 e. The molecule has 6 heteroatoms. The second-order valence-electron chi connectivity index (χ2n) is 8.34. The number of rotatable bonds is 3. The Hall–Kier alpha value is -2.42. The minimum absolute atomic E-state index is 0.0308. The Balaban J connectivity index is 3.61. The lowest BCUT2D eigenvalue weighted by atomic mass is 9.79. The molecule has 0 unspecified atom stereocenters. The number of ether oxygens (including phenoxy) is 2. The van der Waals surface area contributed by atoms with E-state index in [1.165, 1.54) is 26.0 Å². The predicted molar refractivity (Wildman–Crippen MR) is 94.9 cm³/mol. The van der Waals surface area contributed by atoms with Gasteiger partial charge in [-0.05, 0) is 72.6 Å². The van der Waals surface area contributed by atoms with Crippen LogP contribution in [0, 0.1) is 24.1 Å². The Bertz CT molecular complexity index is 736. The fourth-order valence-corrected chi connectivity index (χ4v) is 2.38. The zero-order chi connectivity index (χ0) is 20.5. The fraction of sp³-hybridized carbons (Fsp3) is 0.550. The van der Waals surface area contributed by atoms with Gasteiger partial charge in [0.15, 0.2) is 5.41 Å². The molecule has 0 N–H and O–H groups in total. The van der Waals surface area contributed by atoms with E-state index in [4.69, 9.17) is 14.7 Å². The lowest BCUT2D eigenvalue weighted by Crippen LogP contribution is -2.48. The number of benzene rings is 1. The van der Waals surface area contributed by atoms with Gasteiger partial charge in [-0.3, -0.25) is 9.59 Å². The molecular weight excluding hydrogens is 337 g/mol. The van der Waals surface area contributed by atoms with Crippen molar-refractivity contribution in [3.63, 3.8) is 0 Å². The number of carbonyl (C=O) groups is 2. The minimum Gasteiger partial charge on any atom is -0.459 e. The zero-order valence-corrected chi connectivity index (χ0v) is 16.6. The molecule has 0 spiro atoms. The third kappa shape index (κ3) is 4.60. The molecule has 1 rings (SSSR count). The first-order valence-electron chi connectivity index (χ1n) is 8.30. The molecule has 0 aliphatic rings. The van der Waals surface area contributed by atoms with Gasteiger partial charge in [0.05, 0.1) is 5.56 Å². The number of carbonyl (C=O) groups excluding carboxylic acids is 2. The zero-order valence-electron chi connectivity index (χ0n) is 16.6. The molecule has 0 radical (unpaired) electrons. The van der Waals surface area contributed by atoms with Gasteiger partial charge in [-0.2, -0.15) is 5.26 Å². The lowest BCUT2D eigenvalue weighted by Gasteiger charge is -2.33. The van der Waals surface area contributed by atoms with Gasteiger partial charge in [-0.1, -0.05) is 6.07 Å². The molecule has 0 saturated heterocycles. The number of halogens is 1. The molecule has 0 atom stereocenters. The van der Waals surface area contributed by atoms with Gasteiger partial charge in [0, 0.05) is 0 Å². The summed E-state index contributed by atoms with van der Waals surface area (Å²) >= 11 is 0. The molecule has 5 nitrogen and oxygen atoms in total. The van der Waals surface area contributed by atoms with Crippen molar-refractivity contribution in [2.24, 2.45) is 0 Å². The molecule has 1 aromatic rings. The van der Waals surface area contributed by atoms with Crippen molar-refractivity contribution in [3.05, 3.63) is 34.6 Å². The Morgan fingerprint density at radius 3 is 1.73 bits per heavy atom.